The molecule has 0 saturated carbocycles. The van der Waals surface area contributed by atoms with E-state index in [0.717, 1.165) is 0 Å². The van der Waals surface area contributed by atoms with Crippen LogP contribution in [0.5, 0.6) is 0 Å². The van der Waals surface area contributed by atoms with Gasteiger partial charge in [0.25, 0.3) is 0 Å². The van der Waals surface area contributed by atoms with Gasteiger partial charge >= 0.3 is 0 Å². The minimum absolute atomic E-state index is 0.390. The summed E-state index contributed by atoms with van der Waals surface area (Å²) in [4.78, 5) is 9.90. The first kappa shape index (κ1) is 7.69. The molecule has 0 bridgehead atoms. The summed E-state index contributed by atoms with van der Waals surface area (Å²) in [5, 5.41) is 0. The molecule has 0 rings (SSSR count). The quantitative estimate of drug-likeness (QED) is 0.342. The lowest BCUT2D eigenvalue weighted by Crippen LogP contribution is -1.88. The van der Waals surface area contributed by atoms with Crippen molar-refractivity contribution in [2.24, 2.45) is 5.73 Å². The molecule has 2 N–H and O–H groups in total. The van der Waals surface area contributed by atoms with Gasteiger partial charge in [0.2, 0.25) is 0 Å². The maximum absolute atomic E-state index is 9.90. The topological polar surface area (TPSA) is 43.1 Å². The Balaban J connectivity index is 3.85. The van der Waals surface area contributed by atoms with Crippen LogP contribution >= 0.6 is 0 Å². The van der Waals surface area contributed by atoms with Crippen LogP contribution in [0.15, 0.2) is 36.6 Å². The molecule has 0 aliphatic heterocycles. The van der Waals surface area contributed by atoms with Crippen molar-refractivity contribution in [3.05, 3.63) is 36.6 Å². The molecule has 0 radical (unpaired) electrons. The fourth-order valence-electron chi connectivity index (χ4n) is 0.253. The fraction of sp³-hybridized carbons (Fsp3) is 0. The molecule has 0 aliphatic carbocycles. The van der Waals surface area contributed by atoms with Gasteiger partial charge in [0.1, 0.15) is 6.29 Å². The summed E-state index contributed by atoms with van der Waals surface area (Å²) >= 11 is 0. The van der Waals surface area contributed by atoms with E-state index in [1.165, 1.54) is 12.2 Å². The lowest BCUT2D eigenvalue weighted by atomic mass is 10.3. The Morgan fingerprint density at radius 3 is 2.22 bits per heavy atom. The minimum Gasteiger partial charge on any atom is -0.399 e. The summed E-state index contributed by atoms with van der Waals surface area (Å²) in [7, 11) is 0. The van der Waals surface area contributed by atoms with E-state index in [9.17, 15) is 4.79 Å². The van der Waals surface area contributed by atoms with Gasteiger partial charge in [-0.3, -0.25) is 4.79 Å². The summed E-state index contributed by atoms with van der Waals surface area (Å²) < 4.78 is 0. The van der Waals surface area contributed by atoms with E-state index in [0.29, 0.717) is 17.6 Å². The molecule has 0 fully saturated rings. The van der Waals surface area contributed by atoms with Crippen LogP contribution in [-0.4, -0.2) is 6.29 Å². The van der Waals surface area contributed by atoms with Crippen LogP contribution in [0, 0.1) is 0 Å². The summed E-state index contributed by atoms with van der Waals surface area (Å²) in [6, 6.07) is 0. The summed E-state index contributed by atoms with van der Waals surface area (Å²) in [6.07, 6.45) is 3.69. The molecule has 9 heavy (non-hydrogen) atoms. The van der Waals surface area contributed by atoms with Gasteiger partial charge in [0, 0.05) is 11.3 Å². The largest absolute Gasteiger partial charge is 0.399 e. The Labute approximate surface area is 54.4 Å². The number of hydrogen-bond donors (Lipinski definition) is 1. The lowest BCUT2D eigenvalue weighted by Gasteiger charge is -1.84. The highest BCUT2D eigenvalue weighted by Gasteiger charge is 1.79. The van der Waals surface area contributed by atoms with Gasteiger partial charge in [0.15, 0.2) is 0 Å². The van der Waals surface area contributed by atoms with Crippen molar-refractivity contribution in [2.45, 2.75) is 0 Å². The number of allylic oxidation sites excluding steroid dienone is 3. The van der Waals surface area contributed by atoms with Crippen molar-refractivity contribution in [3.8, 4) is 0 Å². The van der Waals surface area contributed by atoms with Crippen molar-refractivity contribution in [2.75, 3.05) is 0 Å². The molecule has 2 nitrogen and oxygen atoms in total. The normalized spacial score (nSPS) is 9.33. The van der Waals surface area contributed by atoms with Gasteiger partial charge in [-0.15, -0.1) is 0 Å². The molecule has 0 aliphatic rings. The molecule has 0 aromatic heterocycles. The Bertz CT molecular complexity index is 168. The van der Waals surface area contributed by atoms with Gasteiger partial charge in [-0.2, -0.15) is 0 Å². The van der Waals surface area contributed by atoms with Gasteiger partial charge in [-0.05, 0) is 6.08 Å². The van der Waals surface area contributed by atoms with Crippen LogP contribution in [0.25, 0.3) is 0 Å². The number of aldehydes is 1. The van der Waals surface area contributed by atoms with Crippen LogP contribution < -0.4 is 5.73 Å². The van der Waals surface area contributed by atoms with Gasteiger partial charge in [-0.1, -0.05) is 19.2 Å². The number of carbonyl (C=O) groups excluding carboxylic acids is 1. The molecule has 0 aromatic rings. The third kappa shape index (κ3) is 4.55. The van der Waals surface area contributed by atoms with E-state index in [4.69, 9.17) is 5.73 Å². The van der Waals surface area contributed by atoms with E-state index in [1.54, 1.807) is 0 Å². The molecule has 0 heterocycles. The highest BCUT2D eigenvalue weighted by atomic mass is 16.1. The summed E-state index contributed by atoms with van der Waals surface area (Å²) in [5.74, 6) is 0. The Hall–Kier alpha value is -1.31. The standard InChI is InChI=1S/C7H9NO/c1-6(5-9)3-4-7(2)8/h3-5H,1-2,8H2/b4-3-. The van der Waals surface area contributed by atoms with Gasteiger partial charge in [-0.25, -0.2) is 0 Å². The number of nitrogens with two attached hydrogens (primary N) is 1. The third-order valence-electron chi connectivity index (χ3n) is 0.663. The van der Waals surface area contributed by atoms with Crippen LogP contribution in [0.1, 0.15) is 0 Å². The highest BCUT2D eigenvalue weighted by Crippen LogP contribution is 1.88. The molecule has 0 saturated heterocycles. The zero-order valence-corrected chi connectivity index (χ0v) is 5.13. The van der Waals surface area contributed by atoms with Crippen LogP contribution in [0.2, 0.25) is 0 Å². The predicted molar refractivity (Wildman–Crippen MR) is 37.7 cm³/mol. The Morgan fingerprint density at radius 2 is 1.89 bits per heavy atom. The SMILES string of the molecule is C=C(N)/C=C\C(=C)C=O. The molecule has 0 amide bonds. The molecule has 48 valence electrons. The number of carbonyl (C=O) groups is 1. The van der Waals surface area contributed by atoms with Gasteiger partial charge < -0.3 is 5.73 Å². The number of hydrogen-bond acceptors (Lipinski definition) is 2. The molecule has 2 heteroatoms. The minimum atomic E-state index is 0.390. The van der Waals surface area contributed by atoms with Gasteiger partial charge in [0.05, 0.1) is 0 Å². The predicted octanol–water partition coefficient (Wildman–Crippen LogP) is 0.770. The van der Waals surface area contributed by atoms with Crippen molar-refractivity contribution in [3.63, 3.8) is 0 Å². The maximum Gasteiger partial charge on any atom is 0.149 e. The van der Waals surface area contributed by atoms with Crippen LogP contribution in [0.4, 0.5) is 0 Å². The Morgan fingerprint density at radius 1 is 1.33 bits per heavy atom. The van der Waals surface area contributed by atoms with E-state index in [2.05, 4.69) is 13.2 Å². The average Bonchev–Trinajstić information content (AvgIpc) is 1.83. The zero-order valence-electron chi connectivity index (χ0n) is 5.13. The van der Waals surface area contributed by atoms with Crippen molar-refractivity contribution in [1.29, 1.82) is 0 Å². The molecule has 0 aromatic carbocycles. The molecule has 0 atom stereocenters. The zero-order chi connectivity index (χ0) is 7.28. The third-order valence-corrected chi connectivity index (χ3v) is 0.663. The highest BCUT2D eigenvalue weighted by molar-refractivity contribution is 5.76. The first-order chi connectivity index (χ1) is 4.16. The second-order valence-corrected chi connectivity index (χ2v) is 1.60. The first-order valence-corrected chi connectivity index (χ1v) is 2.43. The molecular weight excluding hydrogens is 114 g/mol. The van der Waals surface area contributed by atoms with Crippen LogP contribution in [0.3, 0.4) is 0 Å². The fourth-order valence-corrected chi connectivity index (χ4v) is 0.253. The smallest absolute Gasteiger partial charge is 0.149 e. The van der Waals surface area contributed by atoms with Crippen LogP contribution in [-0.2, 0) is 4.79 Å². The Kier molecular flexibility index (Phi) is 3.13. The average molecular weight is 123 g/mol. The lowest BCUT2D eigenvalue weighted by molar-refractivity contribution is -0.104. The monoisotopic (exact) mass is 123 g/mol. The van der Waals surface area contributed by atoms with Crippen molar-refractivity contribution in [1.82, 2.24) is 0 Å². The van der Waals surface area contributed by atoms with Crippen molar-refractivity contribution < 1.29 is 4.79 Å². The van der Waals surface area contributed by atoms with Crippen molar-refractivity contribution >= 4 is 6.29 Å². The second-order valence-electron chi connectivity index (χ2n) is 1.60. The van der Waals surface area contributed by atoms with E-state index >= 15 is 0 Å². The van der Waals surface area contributed by atoms with E-state index in [1.807, 2.05) is 0 Å². The number of rotatable bonds is 3. The summed E-state index contributed by atoms with van der Waals surface area (Å²) in [5.41, 5.74) is 5.96. The maximum atomic E-state index is 9.90. The molecule has 0 unspecified atom stereocenters. The first-order valence-electron chi connectivity index (χ1n) is 2.43. The second kappa shape index (κ2) is 3.66. The van der Waals surface area contributed by atoms with E-state index in [-0.39, 0.29) is 0 Å². The molecular formula is C7H9NO. The van der Waals surface area contributed by atoms with E-state index < -0.39 is 0 Å². The molecule has 0 spiro atoms. The summed E-state index contributed by atoms with van der Waals surface area (Å²) in [6.45, 7) is 6.79.